The van der Waals surface area contributed by atoms with Gasteiger partial charge in [-0.3, -0.25) is 9.39 Å². The summed E-state index contributed by atoms with van der Waals surface area (Å²) in [6.45, 7) is 2.46. The SMILES string of the molecule is CN=C(NCc1cn2ccsc2n1)NCC1(CCOC)CCCC1.I. The van der Waals surface area contributed by atoms with Gasteiger partial charge in [-0.2, -0.15) is 0 Å². The van der Waals surface area contributed by atoms with Gasteiger partial charge in [-0.25, -0.2) is 4.98 Å². The lowest BCUT2D eigenvalue weighted by Gasteiger charge is -2.29. The second kappa shape index (κ2) is 9.72. The smallest absolute Gasteiger partial charge is 0.193 e. The molecule has 0 unspecified atom stereocenters. The van der Waals surface area contributed by atoms with E-state index in [0.717, 1.165) is 36.2 Å². The maximum absolute atomic E-state index is 5.31. The molecule has 0 atom stereocenters. The molecule has 2 N–H and O–H groups in total. The van der Waals surface area contributed by atoms with Gasteiger partial charge in [0.05, 0.1) is 12.2 Å². The van der Waals surface area contributed by atoms with Gasteiger partial charge >= 0.3 is 0 Å². The number of guanidine groups is 1. The maximum atomic E-state index is 5.31. The molecular weight excluding hydrogens is 449 g/mol. The van der Waals surface area contributed by atoms with Crippen LogP contribution in [0.25, 0.3) is 4.96 Å². The molecule has 140 valence electrons. The van der Waals surface area contributed by atoms with Gasteiger partial charge in [-0.15, -0.1) is 35.3 Å². The normalized spacial score (nSPS) is 16.8. The Bertz CT molecular complexity index is 649. The summed E-state index contributed by atoms with van der Waals surface area (Å²) < 4.78 is 7.36. The van der Waals surface area contributed by atoms with E-state index >= 15 is 0 Å². The lowest BCUT2D eigenvalue weighted by Crippen LogP contribution is -2.43. The molecular formula is C17H28IN5OS. The fraction of sp³-hybridized carbons (Fsp3) is 0.647. The van der Waals surface area contributed by atoms with Gasteiger partial charge in [0.15, 0.2) is 10.9 Å². The van der Waals surface area contributed by atoms with Crippen molar-refractivity contribution in [1.29, 1.82) is 0 Å². The summed E-state index contributed by atoms with van der Waals surface area (Å²) in [6.07, 6.45) is 10.4. The number of aliphatic imine (C=N–C) groups is 1. The van der Waals surface area contributed by atoms with Gasteiger partial charge in [-0.05, 0) is 24.7 Å². The van der Waals surface area contributed by atoms with Crippen LogP contribution in [0.2, 0.25) is 0 Å². The average Bonchev–Trinajstić information content (AvgIpc) is 3.29. The number of fused-ring (bicyclic) bond motifs is 1. The summed E-state index contributed by atoms with van der Waals surface area (Å²) in [5, 5.41) is 8.92. The van der Waals surface area contributed by atoms with Gasteiger partial charge in [0.2, 0.25) is 0 Å². The van der Waals surface area contributed by atoms with Crippen LogP contribution in [0.5, 0.6) is 0 Å². The summed E-state index contributed by atoms with van der Waals surface area (Å²) in [7, 11) is 3.60. The largest absolute Gasteiger partial charge is 0.385 e. The number of thiazole rings is 1. The molecule has 1 saturated carbocycles. The van der Waals surface area contributed by atoms with Crippen LogP contribution in [0, 0.1) is 5.41 Å². The molecule has 0 amide bonds. The number of nitrogens with one attached hydrogen (secondary N) is 2. The number of hydrogen-bond acceptors (Lipinski definition) is 4. The van der Waals surface area contributed by atoms with Gasteiger partial charge in [0, 0.05) is 45.1 Å². The molecule has 2 heterocycles. The standard InChI is InChI=1S/C17H27N5OS.HI/c1-18-15(19-11-14-12-22-8-10-24-16(22)21-14)20-13-17(7-9-23-2)5-3-4-6-17;/h8,10,12H,3-7,9,11,13H2,1-2H3,(H2,18,19,20);1H. The lowest BCUT2D eigenvalue weighted by molar-refractivity contribution is 0.138. The van der Waals surface area contributed by atoms with Crippen molar-refractivity contribution >= 4 is 46.2 Å². The average molecular weight is 477 g/mol. The summed E-state index contributed by atoms with van der Waals surface area (Å²) >= 11 is 1.65. The van der Waals surface area contributed by atoms with E-state index in [1.165, 1.54) is 25.7 Å². The van der Waals surface area contributed by atoms with Crippen molar-refractivity contribution in [2.24, 2.45) is 10.4 Å². The zero-order valence-electron chi connectivity index (χ0n) is 15.0. The minimum absolute atomic E-state index is 0. The lowest BCUT2D eigenvalue weighted by atomic mass is 9.83. The van der Waals surface area contributed by atoms with Crippen molar-refractivity contribution < 1.29 is 4.74 Å². The van der Waals surface area contributed by atoms with E-state index < -0.39 is 0 Å². The summed E-state index contributed by atoms with van der Waals surface area (Å²) in [5.74, 6) is 0.843. The highest BCUT2D eigenvalue weighted by Gasteiger charge is 2.33. The van der Waals surface area contributed by atoms with Crippen molar-refractivity contribution in [2.75, 3.05) is 27.3 Å². The first-order valence-corrected chi connectivity index (χ1v) is 9.47. The molecule has 6 nitrogen and oxygen atoms in total. The van der Waals surface area contributed by atoms with Crippen molar-refractivity contribution in [3.63, 3.8) is 0 Å². The van der Waals surface area contributed by atoms with E-state index in [9.17, 15) is 0 Å². The molecule has 0 aromatic carbocycles. The number of methoxy groups -OCH3 is 1. The van der Waals surface area contributed by atoms with Crippen molar-refractivity contribution in [1.82, 2.24) is 20.0 Å². The molecule has 0 bridgehead atoms. The Morgan fingerprint density at radius 1 is 1.40 bits per heavy atom. The van der Waals surface area contributed by atoms with Crippen LogP contribution in [0.3, 0.4) is 0 Å². The molecule has 1 fully saturated rings. The third kappa shape index (κ3) is 5.30. The Kier molecular flexibility index (Phi) is 7.95. The van der Waals surface area contributed by atoms with Crippen molar-refractivity contribution in [3.05, 3.63) is 23.5 Å². The van der Waals surface area contributed by atoms with E-state index in [-0.39, 0.29) is 24.0 Å². The molecule has 2 aromatic heterocycles. The van der Waals surface area contributed by atoms with E-state index in [4.69, 9.17) is 4.74 Å². The molecule has 0 spiro atoms. The van der Waals surface area contributed by atoms with Gasteiger partial charge < -0.3 is 15.4 Å². The third-order valence-electron chi connectivity index (χ3n) is 4.94. The number of rotatable bonds is 7. The fourth-order valence-corrected chi connectivity index (χ4v) is 4.21. The number of nitrogens with zero attached hydrogens (tertiary/aromatic N) is 3. The molecule has 0 radical (unpaired) electrons. The Morgan fingerprint density at radius 3 is 2.88 bits per heavy atom. The first-order valence-electron chi connectivity index (χ1n) is 8.59. The quantitative estimate of drug-likeness (QED) is 0.365. The first kappa shape index (κ1) is 20.4. The van der Waals surface area contributed by atoms with E-state index in [1.807, 2.05) is 18.6 Å². The first-order chi connectivity index (χ1) is 11.7. The van der Waals surface area contributed by atoms with E-state index in [2.05, 4.69) is 31.2 Å². The molecule has 1 aliphatic rings. The predicted octanol–water partition coefficient (Wildman–Crippen LogP) is 3.28. The predicted molar refractivity (Wildman–Crippen MR) is 114 cm³/mol. The second-order valence-corrected chi connectivity index (χ2v) is 7.43. The molecule has 3 rings (SSSR count). The minimum Gasteiger partial charge on any atom is -0.385 e. The van der Waals surface area contributed by atoms with E-state index in [0.29, 0.717) is 12.0 Å². The Morgan fingerprint density at radius 2 is 2.20 bits per heavy atom. The molecule has 0 aliphatic heterocycles. The Balaban J connectivity index is 0.00000225. The van der Waals surface area contributed by atoms with Crippen LogP contribution >= 0.6 is 35.3 Å². The Hall–Kier alpha value is -0.870. The fourth-order valence-electron chi connectivity index (χ4n) is 3.49. The van der Waals surface area contributed by atoms with Crippen LogP contribution in [0.4, 0.5) is 0 Å². The summed E-state index contributed by atoms with van der Waals surface area (Å²) in [6, 6.07) is 0. The summed E-state index contributed by atoms with van der Waals surface area (Å²) in [5.41, 5.74) is 1.38. The second-order valence-electron chi connectivity index (χ2n) is 6.55. The molecule has 2 aromatic rings. The highest BCUT2D eigenvalue weighted by Crippen LogP contribution is 2.40. The van der Waals surface area contributed by atoms with Crippen molar-refractivity contribution in [2.45, 2.75) is 38.6 Å². The van der Waals surface area contributed by atoms with Crippen molar-refractivity contribution in [3.8, 4) is 0 Å². The highest BCUT2D eigenvalue weighted by atomic mass is 127. The summed E-state index contributed by atoms with van der Waals surface area (Å²) in [4.78, 5) is 9.97. The monoisotopic (exact) mass is 477 g/mol. The Labute approximate surface area is 170 Å². The molecule has 25 heavy (non-hydrogen) atoms. The molecule has 0 saturated heterocycles. The number of halogens is 1. The maximum Gasteiger partial charge on any atom is 0.193 e. The number of ether oxygens (including phenoxy) is 1. The van der Waals surface area contributed by atoms with Gasteiger partial charge in [0.1, 0.15) is 0 Å². The van der Waals surface area contributed by atoms with Gasteiger partial charge in [-0.1, -0.05) is 12.8 Å². The van der Waals surface area contributed by atoms with Crippen LogP contribution in [-0.2, 0) is 11.3 Å². The zero-order chi connectivity index (χ0) is 16.8. The third-order valence-corrected chi connectivity index (χ3v) is 5.71. The zero-order valence-corrected chi connectivity index (χ0v) is 18.1. The van der Waals surface area contributed by atoms with Crippen LogP contribution < -0.4 is 10.6 Å². The van der Waals surface area contributed by atoms with Gasteiger partial charge in [0.25, 0.3) is 0 Å². The minimum atomic E-state index is 0. The topological polar surface area (TPSA) is 63.0 Å². The van der Waals surface area contributed by atoms with E-state index in [1.54, 1.807) is 18.4 Å². The van der Waals surface area contributed by atoms with Crippen LogP contribution in [0.15, 0.2) is 22.8 Å². The molecule has 1 aliphatic carbocycles. The molecule has 8 heteroatoms. The number of imidazole rings is 1. The number of hydrogen-bond donors (Lipinski definition) is 2. The highest BCUT2D eigenvalue weighted by molar-refractivity contribution is 14.0. The van der Waals surface area contributed by atoms with Crippen LogP contribution in [0.1, 0.15) is 37.8 Å². The number of aromatic nitrogens is 2. The van der Waals surface area contributed by atoms with Crippen LogP contribution in [-0.4, -0.2) is 42.7 Å².